The van der Waals surface area contributed by atoms with E-state index in [9.17, 15) is 5.26 Å². The monoisotopic (exact) mass is 276 g/mol. The molecule has 0 amide bonds. The highest BCUT2D eigenvalue weighted by Gasteiger charge is 2.30. The molecule has 4 nitrogen and oxygen atoms in total. The molecule has 0 aliphatic rings. The van der Waals surface area contributed by atoms with Crippen molar-refractivity contribution in [2.24, 2.45) is 0 Å². The van der Waals surface area contributed by atoms with Crippen molar-refractivity contribution in [2.75, 3.05) is 26.9 Å². The minimum Gasteiger partial charge on any atom is -0.376 e. The van der Waals surface area contributed by atoms with E-state index in [2.05, 4.69) is 11.4 Å². The van der Waals surface area contributed by atoms with E-state index >= 15 is 0 Å². The third-order valence-electron chi connectivity index (χ3n) is 2.97. The Morgan fingerprint density at radius 1 is 1.15 bits per heavy atom. The highest BCUT2D eigenvalue weighted by Crippen LogP contribution is 2.20. The van der Waals surface area contributed by atoms with Crippen LogP contribution in [-0.2, 0) is 15.0 Å². The third-order valence-corrected chi connectivity index (χ3v) is 2.97. The highest BCUT2D eigenvalue weighted by atomic mass is 16.5. The predicted octanol–water partition coefficient (Wildman–Crippen LogP) is 2.46. The maximum atomic E-state index is 9.49. The predicted molar refractivity (Wildman–Crippen MR) is 79.3 cm³/mol. The quantitative estimate of drug-likeness (QED) is 0.777. The van der Waals surface area contributed by atoms with Crippen molar-refractivity contribution in [2.45, 2.75) is 31.9 Å². The van der Waals surface area contributed by atoms with Gasteiger partial charge in [0.2, 0.25) is 0 Å². The van der Waals surface area contributed by atoms with Crippen molar-refractivity contribution < 1.29 is 9.47 Å². The number of hydrogen-bond acceptors (Lipinski definition) is 4. The summed E-state index contributed by atoms with van der Waals surface area (Å²) >= 11 is 0. The van der Waals surface area contributed by atoms with Gasteiger partial charge in [-0.05, 0) is 33.4 Å². The van der Waals surface area contributed by atoms with Crippen LogP contribution >= 0.6 is 0 Å². The molecule has 4 heteroatoms. The maximum absolute atomic E-state index is 9.49. The molecule has 0 heterocycles. The van der Waals surface area contributed by atoms with Gasteiger partial charge in [0.05, 0.1) is 31.5 Å². The summed E-state index contributed by atoms with van der Waals surface area (Å²) in [5, 5.41) is 12.6. The van der Waals surface area contributed by atoms with E-state index in [0.29, 0.717) is 13.2 Å². The van der Waals surface area contributed by atoms with Crippen molar-refractivity contribution in [3.05, 3.63) is 35.9 Å². The standard InChI is InChI=1S/C16H24N2O2/c1-15(2,3)20-11-10-19-13-16(12-17,18-4)14-8-6-5-7-9-14/h5-9,18H,10-11,13H2,1-4H3. The molecule has 1 unspecified atom stereocenters. The Morgan fingerprint density at radius 2 is 1.80 bits per heavy atom. The summed E-state index contributed by atoms with van der Waals surface area (Å²) in [7, 11) is 1.77. The summed E-state index contributed by atoms with van der Waals surface area (Å²) in [6.07, 6.45) is 0. The first-order chi connectivity index (χ1) is 9.43. The van der Waals surface area contributed by atoms with E-state index in [4.69, 9.17) is 9.47 Å². The van der Waals surface area contributed by atoms with E-state index in [1.54, 1.807) is 7.05 Å². The lowest BCUT2D eigenvalue weighted by Crippen LogP contribution is -2.43. The number of likely N-dealkylation sites (N-methyl/N-ethyl adjacent to an activating group) is 1. The Bertz CT molecular complexity index is 434. The van der Waals surface area contributed by atoms with E-state index < -0.39 is 5.54 Å². The lowest BCUT2D eigenvalue weighted by atomic mass is 9.92. The van der Waals surface area contributed by atoms with Crippen LogP contribution in [-0.4, -0.2) is 32.5 Å². The van der Waals surface area contributed by atoms with Crippen LogP contribution in [0, 0.1) is 11.3 Å². The Labute approximate surface area is 121 Å². The smallest absolute Gasteiger partial charge is 0.155 e. The molecule has 0 aliphatic heterocycles. The normalized spacial score (nSPS) is 14.6. The van der Waals surface area contributed by atoms with Crippen LogP contribution in [0.4, 0.5) is 0 Å². The minimum absolute atomic E-state index is 0.169. The van der Waals surface area contributed by atoms with Crippen LogP contribution in [0.25, 0.3) is 0 Å². The number of ether oxygens (including phenoxy) is 2. The van der Waals surface area contributed by atoms with E-state index in [1.165, 1.54) is 0 Å². The van der Waals surface area contributed by atoms with Gasteiger partial charge in [-0.3, -0.25) is 5.32 Å². The van der Waals surface area contributed by atoms with Crippen LogP contribution in [0.1, 0.15) is 26.3 Å². The molecule has 1 atom stereocenters. The maximum Gasteiger partial charge on any atom is 0.155 e. The van der Waals surface area contributed by atoms with Crippen molar-refractivity contribution in [1.82, 2.24) is 5.32 Å². The van der Waals surface area contributed by atoms with Gasteiger partial charge in [-0.15, -0.1) is 0 Å². The summed E-state index contributed by atoms with van der Waals surface area (Å²) in [4.78, 5) is 0. The van der Waals surface area contributed by atoms with Gasteiger partial charge in [-0.25, -0.2) is 0 Å². The van der Waals surface area contributed by atoms with E-state index in [1.807, 2.05) is 51.1 Å². The Morgan fingerprint density at radius 3 is 2.30 bits per heavy atom. The summed E-state index contributed by atoms with van der Waals surface area (Å²) in [5.41, 5.74) is -0.0806. The summed E-state index contributed by atoms with van der Waals surface area (Å²) in [5.74, 6) is 0. The Kier molecular flexibility index (Phi) is 6.15. The molecule has 0 aromatic heterocycles. The zero-order valence-electron chi connectivity index (χ0n) is 12.8. The third kappa shape index (κ3) is 4.93. The minimum atomic E-state index is -0.816. The largest absolute Gasteiger partial charge is 0.376 e. The molecule has 0 spiro atoms. The first kappa shape index (κ1) is 16.6. The molecule has 0 saturated carbocycles. The fraction of sp³-hybridized carbons (Fsp3) is 0.562. The average Bonchev–Trinajstić information content (AvgIpc) is 2.43. The van der Waals surface area contributed by atoms with Crippen LogP contribution in [0.15, 0.2) is 30.3 Å². The second-order valence-corrected chi connectivity index (χ2v) is 5.65. The van der Waals surface area contributed by atoms with Crippen molar-refractivity contribution >= 4 is 0 Å². The van der Waals surface area contributed by atoms with Gasteiger partial charge in [-0.1, -0.05) is 30.3 Å². The molecule has 1 N–H and O–H groups in total. The fourth-order valence-electron chi connectivity index (χ4n) is 1.81. The average molecular weight is 276 g/mol. The molecule has 110 valence electrons. The van der Waals surface area contributed by atoms with Gasteiger partial charge in [0.15, 0.2) is 5.54 Å². The summed E-state index contributed by atoms with van der Waals surface area (Å²) < 4.78 is 11.2. The molecule has 1 rings (SSSR count). The molecule has 20 heavy (non-hydrogen) atoms. The Balaban J connectivity index is 2.55. The zero-order chi connectivity index (χ0) is 15.1. The second kappa shape index (κ2) is 7.39. The number of hydrogen-bond donors (Lipinski definition) is 1. The van der Waals surface area contributed by atoms with Crippen molar-refractivity contribution in [3.8, 4) is 6.07 Å². The molecule has 0 saturated heterocycles. The van der Waals surface area contributed by atoms with Gasteiger partial charge < -0.3 is 9.47 Å². The number of nitrogens with zero attached hydrogens (tertiary/aromatic N) is 1. The van der Waals surface area contributed by atoms with Gasteiger partial charge in [0.25, 0.3) is 0 Å². The van der Waals surface area contributed by atoms with Crippen LogP contribution in [0.3, 0.4) is 0 Å². The molecule has 0 bridgehead atoms. The van der Waals surface area contributed by atoms with E-state index in [0.717, 1.165) is 5.56 Å². The summed E-state index contributed by atoms with van der Waals surface area (Å²) in [6.45, 7) is 7.29. The van der Waals surface area contributed by atoms with Gasteiger partial charge in [0, 0.05) is 0 Å². The molecule has 0 fully saturated rings. The fourth-order valence-corrected chi connectivity index (χ4v) is 1.81. The Hall–Kier alpha value is -1.41. The van der Waals surface area contributed by atoms with Gasteiger partial charge in [0.1, 0.15) is 0 Å². The van der Waals surface area contributed by atoms with Crippen molar-refractivity contribution in [1.29, 1.82) is 5.26 Å². The first-order valence-electron chi connectivity index (χ1n) is 6.81. The first-order valence-corrected chi connectivity index (χ1v) is 6.81. The van der Waals surface area contributed by atoms with Crippen LogP contribution in [0.5, 0.6) is 0 Å². The molecule has 0 aliphatic carbocycles. The number of nitrogens with one attached hydrogen (secondary N) is 1. The number of benzene rings is 1. The number of rotatable bonds is 7. The SMILES string of the molecule is CNC(C#N)(COCCOC(C)(C)C)c1ccccc1. The second-order valence-electron chi connectivity index (χ2n) is 5.65. The molecule has 1 aromatic rings. The van der Waals surface area contributed by atoms with Gasteiger partial charge >= 0.3 is 0 Å². The highest BCUT2D eigenvalue weighted by molar-refractivity contribution is 5.31. The molecular formula is C16H24N2O2. The van der Waals surface area contributed by atoms with Crippen LogP contribution in [0.2, 0.25) is 0 Å². The molecule has 0 radical (unpaired) electrons. The molecular weight excluding hydrogens is 252 g/mol. The lowest BCUT2D eigenvalue weighted by Gasteiger charge is -2.27. The van der Waals surface area contributed by atoms with Crippen molar-refractivity contribution in [3.63, 3.8) is 0 Å². The van der Waals surface area contributed by atoms with E-state index in [-0.39, 0.29) is 12.2 Å². The van der Waals surface area contributed by atoms with Gasteiger partial charge in [-0.2, -0.15) is 5.26 Å². The number of nitriles is 1. The zero-order valence-corrected chi connectivity index (χ0v) is 12.8. The van der Waals surface area contributed by atoms with Crippen LogP contribution < -0.4 is 5.32 Å². The lowest BCUT2D eigenvalue weighted by molar-refractivity contribution is -0.0402. The topological polar surface area (TPSA) is 54.3 Å². The summed E-state index contributed by atoms with van der Waals surface area (Å²) in [6, 6.07) is 11.9. The molecule has 1 aromatic carbocycles.